The SMILES string of the molecule is CC(C)(C)c1ccc(Oc2ccc(N)cc2C(F)(F)F)c(Oc2ccc(N)cc2C(F)(F)F)c1. The number of ether oxygens (including phenoxy) is 2. The molecule has 0 spiro atoms. The van der Waals surface area contributed by atoms with Crippen LogP contribution < -0.4 is 20.9 Å². The van der Waals surface area contributed by atoms with E-state index in [1.54, 1.807) is 6.07 Å². The summed E-state index contributed by atoms with van der Waals surface area (Å²) in [6.45, 7) is 5.58. The van der Waals surface area contributed by atoms with Crippen LogP contribution in [0, 0.1) is 0 Å². The second-order valence-electron chi connectivity index (χ2n) is 8.62. The minimum Gasteiger partial charge on any atom is -0.453 e. The Kier molecular flexibility index (Phi) is 6.38. The lowest BCUT2D eigenvalue weighted by Crippen LogP contribution is -2.12. The van der Waals surface area contributed by atoms with Gasteiger partial charge in [0, 0.05) is 11.4 Å². The van der Waals surface area contributed by atoms with Crippen molar-refractivity contribution in [3.05, 3.63) is 71.3 Å². The lowest BCUT2D eigenvalue weighted by molar-refractivity contribution is -0.139. The van der Waals surface area contributed by atoms with Crippen LogP contribution in [0.25, 0.3) is 0 Å². The second-order valence-corrected chi connectivity index (χ2v) is 8.62. The van der Waals surface area contributed by atoms with Crippen LogP contribution in [0.3, 0.4) is 0 Å². The van der Waals surface area contributed by atoms with E-state index >= 15 is 0 Å². The molecule has 0 aliphatic rings. The highest BCUT2D eigenvalue weighted by atomic mass is 19.4. The predicted octanol–water partition coefficient (Wildman–Crippen LogP) is 7.77. The molecular weight excluding hydrogens is 462 g/mol. The molecule has 0 heterocycles. The van der Waals surface area contributed by atoms with E-state index in [0.29, 0.717) is 17.7 Å². The predicted molar refractivity (Wildman–Crippen MR) is 117 cm³/mol. The van der Waals surface area contributed by atoms with E-state index in [1.165, 1.54) is 24.3 Å². The third-order valence-electron chi connectivity index (χ3n) is 4.87. The standard InChI is InChI=1S/C24H22F6N2O2/c1-22(2,3)13-4-7-20(33-18-8-5-14(31)11-16(18)23(25,26)27)21(10-13)34-19-9-6-15(32)12-17(19)24(28,29)30/h4-12H,31-32H2,1-3H3. The Balaban J connectivity index is 2.14. The summed E-state index contributed by atoms with van der Waals surface area (Å²) in [7, 11) is 0. The van der Waals surface area contributed by atoms with Crippen LogP contribution in [0.2, 0.25) is 0 Å². The number of anilines is 2. The monoisotopic (exact) mass is 484 g/mol. The summed E-state index contributed by atoms with van der Waals surface area (Å²) in [4.78, 5) is 0. The number of halogens is 6. The van der Waals surface area contributed by atoms with E-state index < -0.39 is 40.4 Å². The fourth-order valence-corrected chi connectivity index (χ4v) is 3.09. The molecule has 0 saturated carbocycles. The van der Waals surface area contributed by atoms with Gasteiger partial charge in [-0.05, 0) is 59.5 Å². The number of nitrogens with two attached hydrogens (primary N) is 2. The van der Waals surface area contributed by atoms with Gasteiger partial charge >= 0.3 is 12.4 Å². The minimum absolute atomic E-state index is 0.128. The van der Waals surface area contributed by atoms with Crippen LogP contribution in [0.15, 0.2) is 54.6 Å². The van der Waals surface area contributed by atoms with Crippen molar-refractivity contribution in [3.63, 3.8) is 0 Å². The molecule has 0 amide bonds. The average molecular weight is 484 g/mol. The molecule has 0 aliphatic carbocycles. The first kappa shape index (κ1) is 25.1. The van der Waals surface area contributed by atoms with Crippen molar-refractivity contribution >= 4 is 11.4 Å². The molecule has 3 aromatic rings. The summed E-state index contributed by atoms with van der Waals surface area (Å²) in [5, 5.41) is 0. The molecule has 0 saturated heterocycles. The zero-order chi connectivity index (χ0) is 25.5. The van der Waals surface area contributed by atoms with Gasteiger partial charge in [0.1, 0.15) is 22.6 Å². The molecule has 3 aromatic carbocycles. The summed E-state index contributed by atoms with van der Waals surface area (Å²) in [6, 6.07) is 10.3. The molecule has 4 N–H and O–H groups in total. The topological polar surface area (TPSA) is 70.5 Å². The first-order valence-corrected chi connectivity index (χ1v) is 9.99. The second kappa shape index (κ2) is 8.66. The summed E-state index contributed by atoms with van der Waals surface area (Å²) < 4.78 is 92.3. The van der Waals surface area contributed by atoms with Gasteiger partial charge in [0.25, 0.3) is 0 Å². The zero-order valence-electron chi connectivity index (χ0n) is 18.4. The summed E-state index contributed by atoms with van der Waals surface area (Å²) in [5.41, 5.74) is 8.68. The average Bonchev–Trinajstić information content (AvgIpc) is 2.69. The van der Waals surface area contributed by atoms with Crippen molar-refractivity contribution < 1.29 is 35.8 Å². The highest BCUT2D eigenvalue weighted by Gasteiger charge is 2.36. The first-order chi connectivity index (χ1) is 15.6. The van der Waals surface area contributed by atoms with Gasteiger partial charge < -0.3 is 20.9 Å². The molecule has 10 heteroatoms. The Morgan fingerprint density at radius 3 is 1.38 bits per heavy atom. The van der Waals surface area contributed by atoms with E-state index in [1.807, 2.05) is 20.8 Å². The Hall–Kier alpha value is -3.56. The van der Waals surface area contributed by atoms with Crippen LogP contribution in [-0.2, 0) is 17.8 Å². The smallest absolute Gasteiger partial charge is 0.420 e. The minimum atomic E-state index is -4.78. The summed E-state index contributed by atoms with van der Waals surface area (Å²) in [5.74, 6) is -1.57. The Labute approximate surface area is 192 Å². The maximum Gasteiger partial charge on any atom is 0.420 e. The maximum absolute atomic E-state index is 13.6. The molecule has 34 heavy (non-hydrogen) atoms. The lowest BCUT2D eigenvalue weighted by Gasteiger charge is -2.23. The maximum atomic E-state index is 13.6. The molecule has 0 unspecified atom stereocenters. The van der Waals surface area contributed by atoms with E-state index in [0.717, 1.165) is 12.1 Å². The molecule has 0 aromatic heterocycles. The van der Waals surface area contributed by atoms with Crippen LogP contribution >= 0.6 is 0 Å². The van der Waals surface area contributed by atoms with Crippen LogP contribution in [0.4, 0.5) is 37.7 Å². The van der Waals surface area contributed by atoms with E-state index in [2.05, 4.69) is 0 Å². The van der Waals surface area contributed by atoms with Gasteiger partial charge in [-0.2, -0.15) is 26.3 Å². The number of hydrogen-bond acceptors (Lipinski definition) is 4. The number of hydrogen-bond donors (Lipinski definition) is 2. The normalized spacial score (nSPS) is 12.5. The van der Waals surface area contributed by atoms with Crippen molar-refractivity contribution in [1.29, 1.82) is 0 Å². The number of benzene rings is 3. The first-order valence-electron chi connectivity index (χ1n) is 9.99. The van der Waals surface area contributed by atoms with E-state index in [9.17, 15) is 26.3 Å². The van der Waals surface area contributed by atoms with Crippen LogP contribution in [-0.4, -0.2) is 0 Å². The van der Waals surface area contributed by atoms with Gasteiger partial charge in [0.2, 0.25) is 0 Å². The molecule has 0 fully saturated rings. The Morgan fingerprint density at radius 1 is 0.559 bits per heavy atom. The van der Waals surface area contributed by atoms with Crippen molar-refractivity contribution in [2.75, 3.05) is 11.5 Å². The van der Waals surface area contributed by atoms with Crippen molar-refractivity contribution in [2.24, 2.45) is 0 Å². The van der Waals surface area contributed by atoms with Gasteiger partial charge in [-0.25, -0.2) is 0 Å². The molecule has 3 rings (SSSR count). The summed E-state index contributed by atoms with van der Waals surface area (Å²) in [6.07, 6.45) is -9.56. The number of nitrogen functional groups attached to an aromatic ring is 2. The van der Waals surface area contributed by atoms with E-state index in [4.69, 9.17) is 20.9 Å². The van der Waals surface area contributed by atoms with E-state index in [-0.39, 0.29) is 22.9 Å². The van der Waals surface area contributed by atoms with Crippen molar-refractivity contribution in [1.82, 2.24) is 0 Å². The Morgan fingerprint density at radius 2 is 0.971 bits per heavy atom. The fraction of sp³-hybridized carbons (Fsp3) is 0.250. The van der Waals surface area contributed by atoms with Gasteiger partial charge in [-0.15, -0.1) is 0 Å². The Bertz CT molecular complexity index is 1200. The van der Waals surface area contributed by atoms with Crippen molar-refractivity contribution in [2.45, 2.75) is 38.5 Å². The molecule has 0 atom stereocenters. The third kappa shape index (κ3) is 5.67. The fourth-order valence-electron chi connectivity index (χ4n) is 3.09. The summed E-state index contributed by atoms with van der Waals surface area (Å²) >= 11 is 0. The molecule has 182 valence electrons. The van der Waals surface area contributed by atoms with Crippen LogP contribution in [0.1, 0.15) is 37.5 Å². The highest BCUT2D eigenvalue weighted by Crippen LogP contribution is 2.45. The molecule has 0 aliphatic heterocycles. The van der Waals surface area contributed by atoms with Crippen molar-refractivity contribution in [3.8, 4) is 23.0 Å². The van der Waals surface area contributed by atoms with Crippen LogP contribution in [0.5, 0.6) is 23.0 Å². The van der Waals surface area contributed by atoms with Gasteiger partial charge in [0.15, 0.2) is 11.5 Å². The third-order valence-corrected chi connectivity index (χ3v) is 4.87. The zero-order valence-corrected chi connectivity index (χ0v) is 18.4. The highest BCUT2D eigenvalue weighted by molar-refractivity contribution is 5.55. The lowest BCUT2D eigenvalue weighted by atomic mass is 9.87. The van der Waals surface area contributed by atoms with Gasteiger partial charge in [0.05, 0.1) is 0 Å². The number of alkyl halides is 6. The van der Waals surface area contributed by atoms with Gasteiger partial charge in [-0.3, -0.25) is 0 Å². The van der Waals surface area contributed by atoms with Gasteiger partial charge in [-0.1, -0.05) is 26.8 Å². The number of rotatable bonds is 4. The largest absolute Gasteiger partial charge is 0.453 e. The molecule has 4 nitrogen and oxygen atoms in total. The molecular formula is C24H22F6N2O2. The molecule has 0 bridgehead atoms. The molecule has 0 radical (unpaired) electrons. The quantitative estimate of drug-likeness (QED) is 0.293.